The molecule has 0 aliphatic rings. The van der Waals surface area contributed by atoms with Crippen LogP contribution in [0.5, 0.6) is 0 Å². The molecular formula is C65H44F3N5. The number of alkyl halides is 3. The number of halogens is 3. The van der Waals surface area contributed by atoms with Crippen LogP contribution in [0.2, 0.25) is 0 Å². The standard InChI is InChI=1S/C65H44F3N5/c1-41-19-15-17-29-50(41)47-31-33-60-52(35-47)53-36-48(51-30-18-16-20-42(51)2)32-34-61(53)73(60)62-54(59-40-58(45-25-11-5-12-26-45)69-63(72-59)46-27-13-6-14-28-46)37-49(65(66,67)68)38-55(62)64-70-56(43-21-7-3-8-22-43)39-57(71-64)44-23-9-4-10-24-44/h3-40H,1-2H3. The van der Waals surface area contributed by atoms with Crippen molar-refractivity contribution in [1.29, 1.82) is 0 Å². The van der Waals surface area contributed by atoms with E-state index >= 15 is 13.2 Å². The summed E-state index contributed by atoms with van der Waals surface area (Å²) in [6.07, 6.45) is -4.79. The van der Waals surface area contributed by atoms with E-state index in [4.69, 9.17) is 19.9 Å². The average Bonchev–Trinajstić information content (AvgIpc) is 3.76. The fraction of sp³-hybridized carbons (Fsp3) is 0.0462. The molecule has 5 nitrogen and oxygen atoms in total. The summed E-state index contributed by atoms with van der Waals surface area (Å²) >= 11 is 0. The van der Waals surface area contributed by atoms with Crippen LogP contribution in [0.15, 0.2) is 231 Å². The first kappa shape index (κ1) is 44.9. The van der Waals surface area contributed by atoms with Gasteiger partial charge in [0.1, 0.15) is 0 Å². The molecule has 0 saturated heterocycles. The summed E-state index contributed by atoms with van der Waals surface area (Å²) in [6.45, 7) is 4.20. The Hall–Kier alpha value is -9.27. The third-order valence-electron chi connectivity index (χ3n) is 13.5. The first-order valence-corrected chi connectivity index (χ1v) is 24.1. The van der Waals surface area contributed by atoms with E-state index < -0.39 is 11.7 Å². The molecule has 9 aromatic carbocycles. The molecule has 3 aromatic heterocycles. The van der Waals surface area contributed by atoms with Gasteiger partial charge in [-0.2, -0.15) is 13.2 Å². The fourth-order valence-corrected chi connectivity index (χ4v) is 9.94. The van der Waals surface area contributed by atoms with Crippen LogP contribution in [-0.4, -0.2) is 24.5 Å². The highest BCUT2D eigenvalue weighted by Gasteiger charge is 2.35. The number of nitrogens with zero attached hydrogens (tertiary/aromatic N) is 5. The van der Waals surface area contributed by atoms with Crippen molar-refractivity contribution in [2.75, 3.05) is 0 Å². The molecule has 0 bridgehead atoms. The van der Waals surface area contributed by atoms with Crippen molar-refractivity contribution in [2.45, 2.75) is 20.0 Å². The highest BCUT2D eigenvalue weighted by atomic mass is 19.4. The molecule has 0 atom stereocenters. The fourth-order valence-electron chi connectivity index (χ4n) is 9.94. The summed E-state index contributed by atoms with van der Waals surface area (Å²) in [5, 5.41) is 1.84. The van der Waals surface area contributed by atoms with E-state index in [1.54, 1.807) is 6.07 Å². The number of hydrogen-bond donors (Lipinski definition) is 0. The smallest absolute Gasteiger partial charge is 0.308 e. The van der Waals surface area contributed by atoms with Crippen molar-refractivity contribution in [1.82, 2.24) is 24.5 Å². The lowest BCUT2D eigenvalue weighted by atomic mass is 9.96. The molecule has 8 heteroatoms. The second-order valence-corrected chi connectivity index (χ2v) is 18.2. The molecule has 0 amide bonds. The van der Waals surface area contributed by atoms with Gasteiger partial charge in [0, 0.05) is 44.2 Å². The van der Waals surface area contributed by atoms with Gasteiger partial charge < -0.3 is 4.57 Å². The molecule has 12 aromatic rings. The molecule has 0 radical (unpaired) electrons. The van der Waals surface area contributed by atoms with Gasteiger partial charge >= 0.3 is 6.18 Å². The molecule has 0 aliphatic heterocycles. The van der Waals surface area contributed by atoms with Crippen molar-refractivity contribution >= 4 is 21.8 Å². The summed E-state index contributed by atoms with van der Waals surface area (Å²) in [7, 11) is 0. The Labute approximate surface area is 420 Å². The predicted molar refractivity (Wildman–Crippen MR) is 290 cm³/mol. The lowest BCUT2D eigenvalue weighted by Crippen LogP contribution is -2.11. The quantitative estimate of drug-likeness (QED) is 0.145. The number of aryl methyl sites for hydroxylation is 2. The van der Waals surface area contributed by atoms with Crippen LogP contribution in [0.4, 0.5) is 13.2 Å². The van der Waals surface area contributed by atoms with E-state index in [-0.39, 0.29) is 17.0 Å². The van der Waals surface area contributed by atoms with Crippen LogP contribution in [0.1, 0.15) is 16.7 Å². The zero-order valence-corrected chi connectivity index (χ0v) is 39.8. The summed E-state index contributed by atoms with van der Waals surface area (Å²) in [4.78, 5) is 20.7. The summed E-state index contributed by atoms with van der Waals surface area (Å²) in [5.41, 5.74) is 13.0. The molecule has 0 N–H and O–H groups in total. The Balaban J connectivity index is 1.26. The first-order chi connectivity index (χ1) is 35.6. The highest BCUT2D eigenvalue weighted by Crippen LogP contribution is 2.47. The van der Waals surface area contributed by atoms with E-state index in [2.05, 4.69) is 79.1 Å². The van der Waals surface area contributed by atoms with Gasteiger partial charge in [-0.25, -0.2) is 19.9 Å². The van der Waals surface area contributed by atoms with Crippen molar-refractivity contribution in [3.63, 3.8) is 0 Å². The molecule has 0 fully saturated rings. The number of benzene rings is 9. The maximum atomic E-state index is 15.9. The lowest BCUT2D eigenvalue weighted by Gasteiger charge is -2.22. The Morgan fingerprint density at radius 3 is 1.16 bits per heavy atom. The van der Waals surface area contributed by atoms with Crippen molar-refractivity contribution < 1.29 is 13.2 Å². The van der Waals surface area contributed by atoms with Crippen molar-refractivity contribution in [2.24, 2.45) is 0 Å². The molecule has 73 heavy (non-hydrogen) atoms. The number of hydrogen-bond acceptors (Lipinski definition) is 4. The molecule has 350 valence electrons. The molecule has 3 heterocycles. The van der Waals surface area contributed by atoms with E-state index in [1.165, 1.54) is 12.1 Å². The molecule has 0 spiro atoms. The van der Waals surface area contributed by atoms with Crippen LogP contribution < -0.4 is 0 Å². The van der Waals surface area contributed by atoms with Gasteiger partial charge in [0.05, 0.1) is 45.1 Å². The van der Waals surface area contributed by atoms with Crippen LogP contribution in [0.3, 0.4) is 0 Å². The van der Waals surface area contributed by atoms with Gasteiger partial charge in [0.25, 0.3) is 0 Å². The van der Waals surface area contributed by atoms with E-state index in [1.807, 2.05) is 152 Å². The van der Waals surface area contributed by atoms with Gasteiger partial charge in [-0.15, -0.1) is 0 Å². The maximum Gasteiger partial charge on any atom is 0.416 e. The van der Waals surface area contributed by atoms with E-state index in [9.17, 15) is 0 Å². The van der Waals surface area contributed by atoms with Crippen LogP contribution in [-0.2, 0) is 6.18 Å². The molecule has 0 aliphatic carbocycles. The second kappa shape index (κ2) is 18.5. The normalized spacial score (nSPS) is 11.6. The molecule has 12 rings (SSSR count). The predicted octanol–water partition coefficient (Wildman–Crippen LogP) is 17.3. The zero-order chi connectivity index (χ0) is 49.6. The largest absolute Gasteiger partial charge is 0.416 e. The molecule has 0 saturated carbocycles. The Bertz CT molecular complexity index is 3650. The van der Waals surface area contributed by atoms with Crippen LogP contribution in [0.25, 0.3) is 118 Å². The number of aromatic nitrogens is 5. The number of rotatable bonds is 9. The summed E-state index contributed by atoms with van der Waals surface area (Å²) in [6, 6.07) is 73.9. The van der Waals surface area contributed by atoms with Crippen molar-refractivity contribution in [3.8, 4) is 95.7 Å². The number of fused-ring (bicyclic) bond motifs is 3. The lowest BCUT2D eigenvalue weighted by molar-refractivity contribution is -0.137. The summed E-state index contributed by atoms with van der Waals surface area (Å²) < 4.78 is 49.9. The minimum absolute atomic E-state index is 0.117. The first-order valence-electron chi connectivity index (χ1n) is 24.1. The van der Waals surface area contributed by atoms with Gasteiger partial charge in [0.15, 0.2) is 11.6 Å². The van der Waals surface area contributed by atoms with Gasteiger partial charge in [-0.05, 0) is 95.8 Å². The molecular weight excluding hydrogens is 908 g/mol. The van der Waals surface area contributed by atoms with E-state index in [0.717, 1.165) is 71.9 Å². The second-order valence-electron chi connectivity index (χ2n) is 18.2. The van der Waals surface area contributed by atoms with Gasteiger partial charge in [-0.3, -0.25) is 0 Å². The zero-order valence-electron chi connectivity index (χ0n) is 39.8. The van der Waals surface area contributed by atoms with Gasteiger partial charge in [-0.1, -0.05) is 182 Å². The Morgan fingerprint density at radius 1 is 0.329 bits per heavy atom. The minimum Gasteiger partial charge on any atom is -0.308 e. The highest BCUT2D eigenvalue weighted by molar-refractivity contribution is 6.13. The Morgan fingerprint density at radius 2 is 0.712 bits per heavy atom. The third-order valence-corrected chi connectivity index (χ3v) is 13.5. The molecule has 0 unspecified atom stereocenters. The minimum atomic E-state index is -4.79. The average molecular weight is 952 g/mol. The summed E-state index contributed by atoms with van der Waals surface area (Å²) in [5.74, 6) is 0.481. The van der Waals surface area contributed by atoms with Gasteiger partial charge in [0.2, 0.25) is 0 Å². The third kappa shape index (κ3) is 8.53. The topological polar surface area (TPSA) is 56.5 Å². The van der Waals surface area contributed by atoms with Crippen LogP contribution in [0, 0.1) is 13.8 Å². The SMILES string of the molecule is Cc1ccccc1-c1ccc2c(c1)c1cc(-c3ccccc3C)ccc1n2-c1c(-c2cc(-c3ccccc3)nc(-c3ccccc3)n2)cc(C(F)(F)F)cc1-c1nc(-c2ccccc2)cc(-c2ccccc2)n1. The monoisotopic (exact) mass is 951 g/mol. The van der Waals surface area contributed by atoms with Crippen molar-refractivity contribution in [3.05, 3.63) is 247 Å². The van der Waals surface area contributed by atoms with E-state index in [0.29, 0.717) is 39.9 Å². The Kier molecular flexibility index (Phi) is 11.4. The maximum absolute atomic E-state index is 15.9. The van der Waals surface area contributed by atoms with Crippen LogP contribution >= 0.6 is 0 Å².